The van der Waals surface area contributed by atoms with E-state index in [9.17, 15) is 25.2 Å². The second kappa shape index (κ2) is 19.1. The van der Waals surface area contributed by atoms with Crippen molar-refractivity contribution in [3.8, 4) is 0 Å². The molecule has 0 aromatic rings. The molecule has 1 aliphatic rings. The molecule has 0 aromatic heterocycles. The molecule has 0 unspecified atom stereocenters. The van der Waals surface area contributed by atoms with Crippen LogP contribution in [0.2, 0.25) is 0 Å². The Labute approximate surface area is 211 Å². The van der Waals surface area contributed by atoms with E-state index >= 15 is 0 Å². The van der Waals surface area contributed by atoms with Crippen LogP contribution in [0.3, 0.4) is 0 Å². The first kappa shape index (κ1) is 32.0. The quantitative estimate of drug-likeness (QED) is 0.116. The van der Waals surface area contributed by atoms with Crippen molar-refractivity contribution in [3.05, 3.63) is 12.2 Å². The molecule has 0 aromatic carbocycles. The van der Waals surface area contributed by atoms with Gasteiger partial charge in [-0.15, -0.1) is 0 Å². The van der Waals surface area contributed by atoms with Crippen molar-refractivity contribution in [3.63, 3.8) is 0 Å². The van der Waals surface area contributed by atoms with Crippen LogP contribution in [0, 0.1) is 0 Å². The van der Waals surface area contributed by atoms with Gasteiger partial charge in [0.05, 0.1) is 25.4 Å². The summed E-state index contributed by atoms with van der Waals surface area (Å²) in [7, 11) is 0. The van der Waals surface area contributed by atoms with Crippen molar-refractivity contribution in [1.29, 1.82) is 0 Å². The molecule has 206 valence electrons. The minimum Gasteiger partial charge on any atom is -0.394 e. The maximum Gasteiger partial charge on any atom is 0.217 e. The van der Waals surface area contributed by atoms with E-state index in [-0.39, 0.29) is 6.61 Å². The van der Waals surface area contributed by atoms with Crippen molar-refractivity contribution in [1.82, 2.24) is 5.32 Å². The Hall–Kier alpha value is -1.07. The molecule has 9 heteroatoms. The van der Waals surface area contributed by atoms with Gasteiger partial charge < -0.3 is 41.0 Å². The molecule has 1 saturated heterocycles. The largest absolute Gasteiger partial charge is 0.394 e. The summed E-state index contributed by atoms with van der Waals surface area (Å²) in [4.78, 5) is 11.5. The van der Waals surface area contributed by atoms with E-state index in [0.29, 0.717) is 0 Å². The first-order valence-corrected chi connectivity index (χ1v) is 13.4. The summed E-state index contributed by atoms with van der Waals surface area (Å²) in [6.45, 7) is 2.88. The summed E-state index contributed by atoms with van der Waals surface area (Å²) in [6.07, 6.45) is 12.8. The minimum absolute atomic E-state index is 0.105. The third-order valence-corrected chi connectivity index (χ3v) is 6.45. The lowest BCUT2D eigenvalue weighted by atomic mass is 9.97. The Morgan fingerprint density at radius 2 is 1.60 bits per heavy atom. The number of hydrogen-bond acceptors (Lipinski definition) is 8. The molecule has 1 rings (SSSR count). The van der Waals surface area contributed by atoms with Crippen LogP contribution in [0.25, 0.3) is 0 Å². The van der Waals surface area contributed by atoms with Crippen LogP contribution in [0.15, 0.2) is 12.2 Å². The fraction of sp³-hybridized carbons (Fsp3) is 0.885. The smallest absolute Gasteiger partial charge is 0.217 e. The van der Waals surface area contributed by atoms with E-state index < -0.39 is 55.3 Å². The van der Waals surface area contributed by atoms with Gasteiger partial charge in [-0.2, -0.15) is 0 Å². The molecule has 0 spiro atoms. The van der Waals surface area contributed by atoms with Gasteiger partial charge in [0.1, 0.15) is 24.4 Å². The predicted molar refractivity (Wildman–Crippen MR) is 136 cm³/mol. The molecule has 1 heterocycles. The zero-order valence-corrected chi connectivity index (χ0v) is 21.7. The number of nitrogens with two attached hydrogens (primary N) is 1. The topological polar surface area (TPSA) is 154 Å². The number of ether oxygens (including phenoxy) is 2. The Kier molecular flexibility index (Phi) is 17.4. The fourth-order valence-electron chi connectivity index (χ4n) is 4.22. The molecule has 1 aliphatic heterocycles. The van der Waals surface area contributed by atoms with Crippen LogP contribution in [-0.2, 0) is 14.3 Å². The number of aliphatic hydroxyl groups excluding tert-OH is 4. The SMILES string of the molecule is CCCCCCCCCCCCC/C=C/[C@@H](O)[C@@H](N)CO[C@@H]1O[C@H](CO)[C@@H](O)[C@H](O)[C@H]1NC(C)=O. The number of rotatable bonds is 19. The van der Waals surface area contributed by atoms with E-state index in [4.69, 9.17) is 15.2 Å². The number of unbranched alkanes of at least 4 members (excludes halogenated alkanes) is 11. The molecule has 9 nitrogen and oxygen atoms in total. The van der Waals surface area contributed by atoms with E-state index in [1.54, 1.807) is 6.08 Å². The van der Waals surface area contributed by atoms with Crippen LogP contribution in [-0.4, -0.2) is 82.3 Å². The van der Waals surface area contributed by atoms with Crippen LogP contribution < -0.4 is 11.1 Å². The van der Waals surface area contributed by atoms with Gasteiger partial charge in [-0.25, -0.2) is 0 Å². The highest BCUT2D eigenvalue weighted by molar-refractivity contribution is 5.73. The van der Waals surface area contributed by atoms with Crippen molar-refractivity contribution >= 4 is 5.91 Å². The van der Waals surface area contributed by atoms with Crippen LogP contribution in [0.1, 0.15) is 90.9 Å². The number of aliphatic hydroxyl groups is 4. The lowest BCUT2D eigenvalue weighted by Gasteiger charge is -2.42. The van der Waals surface area contributed by atoms with Gasteiger partial charge >= 0.3 is 0 Å². The average molecular weight is 503 g/mol. The third-order valence-electron chi connectivity index (χ3n) is 6.45. The van der Waals surface area contributed by atoms with Gasteiger partial charge in [0.2, 0.25) is 5.91 Å². The first-order valence-electron chi connectivity index (χ1n) is 13.4. The van der Waals surface area contributed by atoms with E-state index in [0.717, 1.165) is 12.8 Å². The molecule has 1 fully saturated rings. The van der Waals surface area contributed by atoms with E-state index in [1.165, 1.54) is 71.1 Å². The molecule has 7 atom stereocenters. The highest BCUT2D eigenvalue weighted by atomic mass is 16.7. The summed E-state index contributed by atoms with van der Waals surface area (Å²) < 4.78 is 11.1. The molecule has 0 radical (unpaired) electrons. The van der Waals surface area contributed by atoms with Crippen LogP contribution >= 0.6 is 0 Å². The zero-order chi connectivity index (χ0) is 26.1. The lowest BCUT2D eigenvalue weighted by Crippen LogP contribution is -2.65. The van der Waals surface area contributed by atoms with Gasteiger partial charge in [-0.3, -0.25) is 4.79 Å². The second-order valence-electron chi connectivity index (χ2n) is 9.67. The normalized spacial score (nSPS) is 26.7. The van der Waals surface area contributed by atoms with Gasteiger partial charge in [0.15, 0.2) is 6.29 Å². The first-order chi connectivity index (χ1) is 16.8. The molecule has 1 amide bonds. The maximum absolute atomic E-state index is 11.5. The highest BCUT2D eigenvalue weighted by Gasteiger charge is 2.45. The van der Waals surface area contributed by atoms with Crippen molar-refractivity contribution < 1.29 is 34.7 Å². The number of hydrogen-bond donors (Lipinski definition) is 6. The number of allylic oxidation sites excluding steroid dienone is 1. The lowest BCUT2D eigenvalue weighted by molar-refractivity contribution is -0.271. The maximum atomic E-state index is 11.5. The van der Waals surface area contributed by atoms with E-state index in [1.807, 2.05) is 6.08 Å². The Balaban J connectivity index is 2.25. The van der Waals surface area contributed by atoms with E-state index in [2.05, 4.69) is 12.2 Å². The van der Waals surface area contributed by atoms with Crippen LogP contribution in [0.5, 0.6) is 0 Å². The Morgan fingerprint density at radius 3 is 2.14 bits per heavy atom. The van der Waals surface area contributed by atoms with Gasteiger partial charge in [-0.1, -0.05) is 83.3 Å². The van der Waals surface area contributed by atoms with Crippen molar-refractivity contribution in [2.45, 2.75) is 134 Å². The predicted octanol–water partition coefficient (Wildman–Crippen LogP) is 1.89. The third kappa shape index (κ3) is 13.2. The summed E-state index contributed by atoms with van der Waals surface area (Å²) in [6, 6.07) is -1.78. The Morgan fingerprint density at radius 1 is 1.03 bits per heavy atom. The molecule has 0 saturated carbocycles. The molecule has 35 heavy (non-hydrogen) atoms. The molecular formula is C26H50N2O7. The van der Waals surface area contributed by atoms with Crippen molar-refractivity contribution in [2.24, 2.45) is 5.73 Å². The molecule has 0 bridgehead atoms. The second-order valence-corrected chi connectivity index (χ2v) is 9.67. The van der Waals surface area contributed by atoms with Gasteiger partial charge in [0, 0.05) is 6.92 Å². The zero-order valence-electron chi connectivity index (χ0n) is 21.7. The monoisotopic (exact) mass is 502 g/mol. The molecule has 7 N–H and O–H groups in total. The number of carbonyl (C=O) groups excluding carboxylic acids is 1. The standard InChI is InChI=1S/C26H50N2O7/c1-3-4-5-6-7-8-9-10-11-12-13-14-15-16-21(31)20(27)18-34-26-23(28-19(2)30)25(33)24(32)22(17-29)35-26/h15-16,20-26,29,31-33H,3-14,17-18,27H2,1-2H3,(H,28,30)/b16-15+/t20-,21+,22+,23+,24+,25+,26+/m0/s1. The van der Waals surface area contributed by atoms with Crippen LogP contribution in [0.4, 0.5) is 0 Å². The summed E-state index contributed by atoms with van der Waals surface area (Å²) in [5, 5.41) is 42.5. The number of amides is 1. The number of nitrogens with one attached hydrogen (secondary N) is 1. The highest BCUT2D eigenvalue weighted by Crippen LogP contribution is 2.22. The Bertz CT molecular complexity index is 578. The van der Waals surface area contributed by atoms with Gasteiger partial charge in [-0.05, 0) is 12.8 Å². The fourth-order valence-corrected chi connectivity index (χ4v) is 4.22. The van der Waals surface area contributed by atoms with Crippen molar-refractivity contribution in [2.75, 3.05) is 13.2 Å². The summed E-state index contributed by atoms with van der Waals surface area (Å²) in [5.41, 5.74) is 6.03. The number of carbonyl (C=O) groups is 1. The molecular weight excluding hydrogens is 452 g/mol. The molecule has 0 aliphatic carbocycles. The average Bonchev–Trinajstić information content (AvgIpc) is 2.83. The summed E-state index contributed by atoms with van der Waals surface area (Å²) >= 11 is 0. The summed E-state index contributed by atoms with van der Waals surface area (Å²) in [5.74, 6) is -0.435. The minimum atomic E-state index is -1.39. The van der Waals surface area contributed by atoms with Gasteiger partial charge in [0.25, 0.3) is 0 Å².